The van der Waals surface area contributed by atoms with E-state index < -0.39 is 0 Å². The predicted molar refractivity (Wildman–Crippen MR) is 209 cm³/mol. The second kappa shape index (κ2) is 33.3. The van der Waals surface area contributed by atoms with E-state index in [9.17, 15) is 5.11 Å². The van der Waals surface area contributed by atoms with Gasteiger partial charge in [-0.25, -0.2) is 0 Å². The highest BCUT2D eigenvalue weighted by atomic mass is 16.5. The highest BCUT2D eigenvalue weighted by Gasteiger charge is 2.39. The summed E-state index contributed by atoms with van der Waals surface area (Å²) in [5, 5.41) is 9.34. The summed E-state index contributed by atoms with van der Waals surface area (Å²) < 4.78 is 6.87. The van der Waals surface area contributed by atoms with Gasteiger partial charge in [0.05, 0.1) is 18.3 Å². The molecule has 1 atom stereocenters. The molecular weight excluding hydrogens is 574 g/mol. The maximum absolute atomic E-state index is 9.34. The minimum absolute atomic E-state index is 0.106. The monoisotopic (exact) mass is 656 g/mol. The lowest BCUT2D eigenvalue weighted by atomic mass is 9.87. The van der Waals surface area contributed by atoms with Crippen LogP contribution in [0.5, 0.6) is 0 Å². The van der Waals surface area contributed by atoms with Crippen LogP contribution in [0.1, 0.15) is 194 Å². The summed E-state index contributed by atoms with van der Waals surface area (Å²) >= 11 is 0. The summed E-state index contributed by atoms with van der Waals surface area (Å²) in [4.78, 5) is 2.24. The van der Waals surface area contributed by atoms with Crippen LogP contribution < -0.4 is 0 Å². The van der Waals surface area contributed by atoms with E-state index in [0.717, 1.165) is 25.9 Å². The van der Waals surface area contributed by atoms with Gasteiger partial charge in [0.1, 0.15) is 0 Å². The normalized spacial score (nSPS) is 18.9. The van der Waals surface area contributed by atoms with Crippen molar-refractivity contribution in [3.63, 3.8) is 0 Å². The molecule has 1 saturated heterocycles. The topological polar surface area (TPSA) is 32.7 Å². The molecule has 1 N–H and O–H groups in total. The second-order valence-electron chi connectivity index (χ2n) is 14.6. The van der Waals surface area contributed by atoms with Crippen LogP contribution in [0.2, 0.25) is 0 Å². The third-order valence-corrected chi connectivity index (χ3v) is 10.0. The Hall–Kier alpha value is -1.16. The van der Waals surface area contributed by atoms with Gasteiger partial charge in [-0.2, -0.15) is 0 Å². The summed E-state index contributed by atoms with van der Waals surface area (Å²) in [6.45, 7) is 6.46. The molecule has 0 aliphatic carbocycles. The van der Waals surface area contributed by atoms with Crippen LogP contribution in [0.4, 0.5) is 0 Å². The van der Waals surface area contributed by atoms with Crippen LogP contribution in [-0.4, -0.2) is 48.5 Å². The predicted octanol–water partition coefficient (Wildman–Crippen LogP) is 13.2. The molecule has 0 aromatic rings. The largest absolute Gasteiger partial charge is 0.395 e. The van der Waals surface area contributed by atoms with Crippen molar-refractivity contribution in [3.05, 3.63) is 48.6 Å². The fraction of sp³-hybridized carbons (Fsp3) is 0.818. The van der Waals surface area contributed by atoms with Crippen LogP contribution in [0, 0.1) is 0 Å². The van der Waals surface area contributed by atoms with E-state index in [2.05, 4.69) is 74.4 Å². The van der Waals surface area contributed by atoms with Crippen LogP contribution in [0.15, 0.2) is 48.6 Å². The lowest BCUT2D eigenvalue weighted by Crippen LogP contribution is -2.35. The molecule has 0 radical (unpaired) electrons. The van der Waals surface area contributed by atoms with Crippen molar-refractivity contribution in [1.82, 2.24) is 4.90 Å². The molecule has 1 aliphatic rings. The number of likely N-dealkylation sites (N-methyl/N-ethyl adjacent to an activating group) is 1. The van der Waals surface area contributed by atoms with E-state index in [1.165, 1.54) is 167 Å². The van der Waals surface area contributed by atoms with Gasteiger partial charge < -0.3 is 14.7 Å². The zero-order valence-corrected chi connectivity index (χ0v) is 31.9. The third-order valence-electron chi connectivity index (χ3n) is 10.0. The molecule has 0 bridgehead atoms. The lowest BCUT2D eigenvalue weighted by molar-refractivity contribution is -0.0628. The molecule has 274 valence electrons. The van der Waals surface area contributed by atoms with Gasteiger partial charge in [-0.15, -0.1) is 0 Å². The molecule has 1 heterocycles. The molecule has 1 fully saturated rings. The van der Waals surface area contributed by atoms with E-state index in [4.69, 9.17) is 4.74 Å². The van der Waals surface area contributed by atoms with Crippen molar-refractivity contribution in [2.45, 2.75) is 205 Å². The first-order valence-electron chi connectivity index (χ1n) is 20.7. The van der Waals surface area contributed by atoms with Gasteiger partial charge >= 0.3 is 0 Å². The first-order chi connectivity index (χ1) is 23.2. The van der Waals surface area contributed by atoms with Gasteiger partial charge in [-0.05, 0) is 96.9 Å². The smallest absolute Gasteiger partial charge is 0.0710 e. The molecule has 0 saturated carbocycles. The lowest BCUT2D eigenvalue weighted by Gasteiger charge is -2.31. The molecule has 1 unspecified atom stereocenters. The average molecular weight is 656 g/mol. The molecular formula is C44H81NO2. The zero-order chi connectivity index (χ0) is 33.9. The van der Waals surface area contributed by atoms with Crippen LogP contribution in [0.3, 0.4) is 0 Å². The zero-order valence-electron chi connectivity index (χ0n) is 31.9. The first-order valence-corrected chi connectivity index (χ1v) is 20.7. The number of rotatable bonds is 34. The van der Waals surface area contributed by atoms with Gasteiger partial charge in [0.15, 0.2) is 0 Å². The number of nitrogens with zero attached hydrogens (tertiary/aromatic N) is 1. The summed E-state index contributed by atoms with van der Waals surface area (Å²) in [6.07, 6.45) is 55.5. The average Bonchev–Trinajstić information content (AvgIpc) is 3.46. The van der Waals surface area contributed by atoms with E-state index in [1.54, 1.807) is 0 Å². The van der Waals surface area contributed by atoms with E-state index in [-0.39, 0.29) is 12.2 Å². The van der Waals surface area contributed by atoms with Crippen LogP contribution >= 0.6 is 0 Å². The summed E-state index contributed by atoms with van der Waals surface area (Å²) in [6, 6.07) is 0. The Morgan fingerprint density at radius 3 is 1.40 bits per heavy atom. The fourth-order valence-electron chi connectivity index (χ4n) is 7.00. The highest BCUT2D eigenvalue weighted by molar-refractivity contribution is 4.94. The Bertz CT molecular complexity index is 721. The fourth-order valence-corrected chi connectivity index (χ4v) is 7.00. The highest BCUT2D eigenvalue weighted by Crippen LogP contribution is 2.39. The SMILES string of the molecule is CCCCCC=CCC=CCCCCCCCCC1(CCCCCCCCC=CCC=CCCCCC)CCC(CN(C)CCO)O1. The van der Waals surface area contributed by atoms with Crippen LogP contribution in [-0.2, 0) is 4.74 Å². The van der Waals surface area contributed by atoms with Crippen molar-refractivity contribution < 1.29 is 9.84 Å². The number of hydrogen-bond acceptors (Lipinski definition) is 3. The Labute approximate surface area is 294 Å². The summed E-state index contributed by atoms with van der Waals surface area (Å²) in [5.41, 5.74) is 0.106. The molecule has 0 aromatic heterocycles. The molecule has 47 heavy (non-hydrogen) atoms. The number of hydrogen-bond donors (Lipinski definition) is 1. The van der Waals surface area contributed by atoms with Crippen molar-refractivity contribution >= 4 is 0 Å². The van der Waals surface area contributed by atoms with E-state index >= 15 is 0 Å². The van der Waals surface area contributed by atoms with Crippen molar-refractivity contribution in [2.75, 3.05) is 26.7 Å². The second-order valence-corrected chi connectivity index (χ2v) is 14.6. The van der Waals surface area contributed by atoms with Gasteiger partial charge in [-0.3, -0.25) is 0 Å². The van der Waals surface area contributed by atoms with Gasteiger partial charge in [0, 0.05) is 13.1 Å². The molecule has 1 rings (SSSR count). The molecule has 3 nitrogen and oxygen atoms in total. The Morgan fingerprint density at radius 2 is 0.979 bits per heavy atom. The van der Waals surface area contributed by atoms with Crippen LogP contribution in [0.25, 0.3) is 0 Å². The molecule has 0 aromatic carbocycles. The molecule has 0 amide bonds. The Balaban J connectivity index is 2.20. The van der Waals surface area contributed by atoms with E-state index in [1.807, 2.05) is 0 Å². The Morgan fingerprint density at radius 1 is 0.574 bits per heavy atom. The summed E-state index contributed by atoms with van der Waals surface area (Å²) in [5.74, 6) is 0. The molecule has 0 spiro atoms. The van der Waals surface area contributed by atoms with Gasteiger partial charge in [0.2, 0.25) is 0 Å². The van der Waals surface area contributed by atoms with E-state index in [0.29, 0.717) is 6.10 Å². The Kier molecular flexibility index (Phi) is 31.1. The number of ether oxygens (including phenoxy) is 1. The number of aliphatic hydroxyl groups excluding tert-OH is 1. The van der Waals surface area contributed by atoms with Gasteiger partial charge in [0.25, 0.3) is 0 Å². The number of allylic oxidation sites excluding steroid dienone is 8. The van der Waals surface area contributed by atoms with Crippen molar-refractivity contribution in [2.24, 2.45) is 0 Å². The first kappa shape index (κ1) is 43.9. The van der Waals surface area contributed by atoms with Crippen molar-refractivity contribution in [1.29, 1.82) is 0 Å². The minimum Gasteiger partial charge on any atom is -0.395 e. The minimum atomic E-state index is 0.106. The van der Waals surface area contributed by atoms with Gasteiger partial charge in [-0.1, -0.05) is 152 Å². The third kappa shape index (κ3) is 27.4. The standard InChI is InChI=1S/C44H81NO2/c1-4-6-8-10-12-14-16-18-20-22-24-26-28-30-32-34-37-44(39-36-43(47-44)42-45(3)40-41-46)38-35-33-31-29-27-25-23-21-19-17-15-13-11-9-7-5-2/h12-15,18-21,43,46H,4-11,16-17,22-42H2,1-3H3. The quantitative estimate of drug-likeness (QED) is 0.0553. The number of aliphatic hydroxyl groups is 1. The molecule has 3 heteroatoms. The van der Waals surface area contributed by atoms with Crippen molar-refractivity contribution in [3.8, 4) is 0 Å². The number of unbranched alkanes of at least 4 members (excludes halogenated alkanes) is 18. The molecule has 1 aliphatic heterocycles. The maximum Gasteiger partial charge on any atom is 0.0710 e. The maximum atomic E-state index is 9.34. The summed E-state index contributed by atoms with van der Waals surface area (Å²) in [7, 11) is 2.12.